The Morgan fingerprint density at radius 3 is 2.81 bits per heavy atom. The molecule has 180 valence electrons. The van der Waals surface area contributed by atoms with Gasteiger partial charge in [0.25, 0.3) is 11.5 Å². The predicted octanol–water partition coefficient (Wildman–Crippen LogP) is 4.11. The Labute approximate surface area is 215 Å². The van der Waals surface area contributed by atoms with Gasteiger partial charge in [0.2, 0.25) is 5.13 Å². The van der Waals surface area contributed by atoms with Gasteiger partial charge < -0.3 is 4.74 Å². The van der Waals surface area contributed by atoms with Crippen LogP contribution in [0.15, 0.2) is 47.7 Å². The monoisotopic (exact) mass is 518 g/mol. The molecular formula is C25H19ClN6O3S. The van der Waals surface area contributed by atoms with Crippen LogP contribution in [0.3, 0.4) is 0 Å². The second-order valence-corrected chi connectivity index (χ2v) is 9.62. The van der Waals surface area contributed by atoms with Crippen LogP contribution in [0.4, 0.5) is 5.13 Å². The van der Waals surface area contributed by atoms with E-state index in [-0.39, 0.29) is 28.1 Å². The molecule has 4 aromatic heterocycles. The zero-order chi connectivity index (χ0) is 25.4. The largest absolute Gasteiger partial charge is 0.494 e. The van der Waals surface area contributed by atoms with E-state index in [0.29, 0.717) is 27.8 Å². The minimum absolute atomic E-state index is 0.166. The van der Waals surface area contributed by atoms with Crippen molar-refractivity contribution in [2.75, 3.05) is 12.4 Å². The van der Waals surface area contributed by atoms with Crippen molar-refractivity contribution in [3.05, 3.63) is 74.5 Å². The van der Waals surface area contributed by atoms with Gasteiger partial charge >= 0.3 is 0 Å². The van der Waals surface area contributed by atoms with Gasteiger partial charge in [-0.3, -0.25) is 19.5 Å². The third-order valence-corrected chi connectivity index (χ3v) is 6.96. The van der Waals surface area contributed by atoms with Crippen molar-refractivity contribution in [3.63, 3.8) is 0 Å². The SMILES string of the molecule is C#C[C@H]1CC1c1nnc(NC(=O)c2cnc(-n3ccc(C)cc3=O)cc2-c2cc(Cl)ncc2OC)s1. The van der Waals surface area contributed by atoms with E-state index in [4.69, 9.17) is 22.8 Å². The van der Waals surface area contributed by atoms with Gasteiger partial charge in [-0.2, -0.15) is 0 Å². The predicted molar refractivity (Wildman–Crippen MR) is 137 cm³/mol. The van der Waals surface area contributed by atoms with Crippen molar-refractivity contribution in [1.29, 1.82) is 0 Å². The molecule has 4 heterocycles. The Morgan fingerprint density at radius 2 is 2.08 bits per heavy atom. The summed E-state index contributed by atoms with van der Waals surface area (Å²) >= 11 is 7.47. The fraction of sp³-hybridized carbons (Fsp3) is 0.200. The quantitative estimate of drug-likeness (QED) is 0.302. The van der Waals surface area contributed by atoms with Crippen LogP contribution in [-0.4, -0.2) is 37.7 Å². The number of aryl methyl sites for hydroxylation is 1. The van der Waals surface area contributed by atoms with Crippen LogP contribution < -0.4 is 15.6 Å². The number of pyridine rings is 3. The smallest absolute Gasteiger partial charge is 0.259 e. The molecule has 1 saturated carbocycles. The molecule has 1 fully saturated rings. The highest BCUT2D eigenvalue weighted by atomic mass is 35.5. The maximum absolute atomic E-state index is 13.4. The van der Waals surface area contributed by atoms with Crippen LogP contribution in [0.1, 0.15) is 33.3 Å². The minimum Gasteiger partial charge on any atom is -0.494 e. The van der Waals surface area contributed by atoms with E-state index in [1.54, 1.807) is 24.4 Å². The average Bonchev–Trinajstić information content (AvgIpc) is 3.52. The highest BCUT2D eigenvalue weighted by Gasteiger charge is 2.39. The van der Waals surface area contributed by atoms with E-state index < -0.39 is 5.91 Å². The molecule has 5 rings (SSSR count). The summed E-state index contributed by atoms with van der Waals surface area (Å²) in [6, 6.07) is 6.52. The Hall–Kier alpha value is -4.07. The standard InChI is InChI=1S/C25H19ClN6O3S/c1-4-14-8-15(14)24-30-31-25(36-24)29-23(34)18-11-28-21(32-6-5-13(2)7-22(32)33)10-16(18)17-9-20(26)27-12-19(17)35-3/h1,5-7,9-12,14-15H,8H2,2-3H3,(H,29,31,34)/t14-,15?/m0/s1. The molecule has 11 heteroatoms. The summed E-state index contributed by atoms with van der Waals surface area (Å²) in [7, 11) is 1.49. The highest BCUT2D eigenvalue weighted by molar-refractivity contribution is 7.15. The van der Waals surface area contributed by atoms with E-state index in [1.165, 1.54) is 41.5 Å². The van der Waals surface area contributed by atoms with Gasteiger partial charge in [0.15, 0.2) is 0 Å². The lowest BCUT2D eigenvalue weighted by molar-refractivity contribution is 0.102. The second-order valence-electron chi connectivity index (χ2n) is 8.22. The number of carbonyl (C=O) groups is 1. The van der Waals surface area contributed by atoms with Crippen molar-refractivity contribution >= 4 is 34.0 Å². The zero-order valence-electron chi connectivity index (χ0n) is 19.2. The topological polar surface area (TPSA) is 112 Å². The molecular weight excluding hydrogens is 500 g/mol. The lowest BCUT2D eigenvalue weighted by Crippen LogP contribution is -2.19. The summed E-state index contributed by atoms with van der Waals surface area (Å²) in [5, 5.41) is 12.4. The first-order chi connectivity index (χ1) is 17.4. The summed E-state index contributed by atoms with van der Waals surface area (Å²) in [5.74, 6) is 3.34. The number of nitrogens with one attached hydrogen (secondary N) is 1. The number of halogens is 1. The normalized spacial score (nSPS) is 16.3. The number of terminal acetylenes is 1. The molecule has 2 atom stereocenters. The first-order valence-electron chi connectivity index (χ1n) is 10.9. The van der Waals surface area contributed by atoms with Crippen molar-refractivity contribution in [2.24, 2.45) is 5.92 Å². The summed E-state index contributed by atoms with van der Waals surface area (Å²) in [6.45, 7) is 1.83. The third kappa shape index (κ3) is 4.58. The second kappa shape index (κ2) is 9.53. The van der Waals surface area contributed by atoms with Crippen molar-refractivity contribution in [2.45, 2.75) is 19.3 Å². The lowest BCUT2D eigenvalue weighted by Gasteiger charge is -2.14. The molecule has 1 unspecified atom stereocenters. The van der Waals surface area contributed by atoms with Gasteiger partial charge in [-0.05, 0) is 37.1 Å². The minimum atomic E-state index is -0.456. The van der Waals surface area contributed by atoms with Gasteiger partial charge in [0, 0.05) is 41.4 Å². The first-order valence-corrected chi connectivity index (χ1v) is 12.1. The molecule has 0 bridgehead atoms. The fourth-order valence-electron chi connectivity index (χ4n) is 3.79. The number of methoxy groups -OCH3 is 1. The third-order valence-electron chi connectivity index (χ3n) is 5.78. The molecule has 0 saturated heterocycles. The molecule has 36 heavy (non-hydrogen) atoms. The Bertz CT molecular complexity index is 1590. The molecule has 1 N–H and O–H groups in total. The zero-order valence-corrected chi connectivity index (χ0v) is 20.8. The number of rotatable bonds is 6. The van der Waals surface area contributed by atoms with Crippen molar-refractivity contribution < 1.29 is 9.53 Å². The van der Waals surface area contributed by atoms with Gasteiger partial charge in [-0.1, -0.05) is 22.9 Å². The number of hydrogen-bond donors (Lipinski definition) is 1. The summed E-state index contributed by atoms with van der Waals surface area (Å²) < 4.78 is 6.86. The molecule has 0 spiro atoms. The van der Waals surface area contributed by atoms with Crippen LogP contribution in [0.25, 0.3) is 16.9 Å². The Kier molecular flexibility index (Phi) is 6.26. The Morgan fingerprint density at radius 1 is 1.25 bits per heavy atom. The molecule has 1 aliphatic rings. The number of anilines is 1. The van der Waals surface area contributed by atoms with Crippen molar-refractivity contribution in [3.8, 4) is 35.0 Å². The van der Waals surface area contributed by atoms with Gasteiger partial charge in [-0.15, -0.1) is 22.5 Å². The van der Waals surface area contributed by atoms with Gasteiger partial charge in [0.1, 0.15) is 21.7 Å². The van der Waals surface area contributed by atoms with Crippen LogP contribution in [0.2, 0.25) is 5.15 Å². The van der Waals surface area contributed by atoms with Crippen LogP contribution in [0.5, 0.6) is 5.75 Å². The molecule has 0 aromatic carbocycles. The van der Waals surface area contributed by atoms with E-state index in [0.717, 1.165) is 17.0 Å². The van der Waals surface area contributed by atoms with E-state index in [2.05, 4.69) is 31.4 Å². The van der Waals surface area contributed by atoms with Gasteiger partial charge in [-0.25, -0.2) is 9.97 Å². The van der Waals surface area contributed by atoms with Crippen molar-refractivity contribution in [1.82, 2.24) is 24.7 Å². The summed E-state index contributed by atoms with van der Waals surface area (Å²) in [4.78, 5) is 34.4. The lowest BCUT2D eigenvalue weighted by atomic mass is 10.0. The molecule has 4 aromatic rings. The number of ether oxygens (including phenoxy) is 1. The van der Waals surface area contributed by atoms with Crippen LogP contribution in [-0.2, 0) is 0 Å². The van der Waals surface area contributed by atoms with Gasteiger partial charge in [0.05, 0.1) is 18.9 Å². The first kappa shape index (κ1) is 23.7. The summed E-state index contributed by atoms with van der Waals surface area (Å²) in [6.07, 6.45) is 10.9. The number of hydrogen-bond acceptors (Lipinski definition) is 8. The van der Waals surface area contributed by atoms with Crippen LogP contribution >= 0.6 is 22.9 Å². The van der Waals surface area contributed by atoms with E-state index in [9.17, 15) is 9.59 Å². The van der Waals surface area contributed by atoms with Crippen LogP contribution in [0, 0.1) is 25.2 Å². The number of carbonyl (C=O) groups excluding carboxylic acids is 1. The fourth-order valence-corrected chi connectivity index (χ4v) is 4.86. The molecule has 0 radical (unpaired) electrons. The average molecular weight is 519 g/mol. The van der Waals surface area contributed by atoms with E-state index >= 15 is 0 Å². The molecule has 1 amide bonds. The van der Waals surface area contributed by atoms with E-state index in [1.807, 2.05) is 6.92 Å². The number of nitrogens with zero attached hydrogens (tertiary/aromatic N) is 5. The maximum Gasteiger partial charge on any atom is 0.259 e. The summed E-state index contributed by atoms with van der Waals surface area (Å²) in [5.41, 5.74) is 1.76. The molecule has 0 aliphatic heterocycles. The number of amides is 1. The maximum atomic E-state index is 13.4. The number of aromatic nitrogens is 5. The highest BCUT2D eigenvalue weighted by Crippen LogP contribution is 2.48. The Balaban J connectivity index is 1.56. The molecule has 9 nitrogen and oxygen atoms in total. The molecule has 1 aliphatic carbocycles.